The van der Waals surface area contributed by atoms with E-state index in [1.54, 1.807) is 0 Å². The van der Waals surface area contributed by atoms with E-state index in [2.05, 4.69) is 17.6 Å². The molecule has 0 saturated carbocycles. The van der Waals surface area contributed by atoms with Gasteiger partial charge in [-0.2, -0.15) is 11.8 Å². The second kappa shape index (κ2) is 5.58. The summed E-state index contributed by atoms with van der Waals surface area (Å²) in [5.74, 6) is 2.26. The van der Waals surface area contributed by atoms with Gasteiger partial charge in [-0.3, -0.25) is 4.79 Å². The molecule has 2 nitrogen and oxygen atoms in total. The number of aryl methyl sites for hydroxylation is 1. The molecule has 0 bridgehead atoms. The highest BCUT2D eigenvalue weighted by molar-refractivity contribution is 7.99. The molecule has 0 aliphatic heterocycles. The maximum atomic E-state index is 11.1. The molecule has 0 radical (unpaired) electrons. The molecular weight excluding hydrogens is 218 g/mol. The molecule has 0 fully saturated rings. The van der Waals surface area contributed by atoms with Gasteiger partial charge in [-0.15, -0.1) is 0 Å². The van der Waals surface area contributed by atoms with Crippen molar-refractivity contribution in [2.24, 2.45) is 0 Å². The first-order valence-corrected chi connectivity index (χ1v) is 7.26. The highest BCUT2D eigenvalue weighted by atomic mass is 32.2. The summed E-state index contributed by atoms with van der Waals surface area (Å²) in [6.07, 6.45) is 5.87. The zero-order valence-electron chi connectivity index (χ0n) is 9.87. The van der Waals surface area contributed by atoms with Crippen molar-refractivity contribution in [2.45, 2.75) is 39.2 Å². The lowest BCUT2D eigenvalue weighted by atomic mass is 9.98. The van der Waals surface area contributed by atoms with Crippen molar-refractivity contribution in [3.05, 3.63) is 23.0 Å². The number of fused-ring (bicyclic) bond motifs is 1. The summed E-state index contributed by atoms with van der Waals surface area (Å²) in [7, 11) is 0. The van der Waals surface area contributed by atoms with E-state index in [0.29, 0.717) is 0 Å². The van der Waals surface area contributed by atoms with E-state index in [0.717, 1.165) is 42.9 Å². The Morgan fingerprint density at radius 2 is 2.25 bits per heavy atom. The van der Waals surface area contributed by atoms with Gasteiger partial charge in [0.2, 0.25) is 0 Å². The molecule has 1 aliphatic carbocycles. The van der Waals surface area contributed by atoms with Crippen LogP contribution < -0.4 is 0 Å². The van der Waals surface area contributed by atoms with Gasteiger partial charge in [0.15, 0.2) is 6.29 Å². The molecule has 1 aromatic heterocycles. The van der Waals surface area contributed by atoms with Crippen molar-refractivity contribution in [1.82, 2.24) is 4.57 Å². The molecular formula is C13H19NOS. The van der Waals surface area contributed by atoms with Crippen molar-refractivity contribution in [1.29, 1.82) is 0 Å². The lowest BCUT2D eigenvalue weighted by Gasteiger charge is -2.16. The van der Waals surface area contributed by atoms with Crippen LogP contribution in [0.4, 0.5) is 0 Å². The second-order valence-electron chi connectivity index (χ2n) is 4.21. The molecule has 3 heteroatoms. The molecule has 0 N–H and O–H groups in total. The maximum absolute atomic E-state index is 11.1. The Balaban J connectivity index is 2.19. The summed E-state index contributed by atoms with van der Waals surface area (Å²) in [6, 6.07) is 2.10. The molecule has 1 aromatic rings. The van der Waals surface area contributed by atoms with E-state index in [4.69, 9.17) is 0 Å². The standard InChI is InChI=1S/C13H19NOS/c1-2-16-8-7-14-12(10-15)9-11-5-3-4-6-13(11)14/h9-10H,2-8H2,1H3. The molecule has 1 heterocycles. The van der Waals surface area contributed by atoms with Crippen LogP contribution in [0.5, 0.6) is 0 Å². The zero-order chi connectivity index (χ0) is 11.4. The van der Waals surface area contributed by atoms with Crippen LogP contribution in [0.25, 0.3) is 0 Å². The summed E-state index contributed by atoms with van der Waals surface area (Å²) in [4.78, 5) is 11.1. The fraction of sp³-hybridized carbons (Fsp3) is 0.615. The van der Waals surface area contributed by atoms with Crippen molar-refractivity contribution in [2.75, 3.05) is 11.5 Å². The van der Waals surface area contributed by atoms with E-state index < -0.39 is 0 Å². The predicted octanol–water partition coefficient (Wildman–Crippen LogP) is 2.93. The van der Waals surface area contributed by atoms with Gasteiger partial charge in [0, 0.05) is 18.0 Å². The first kappa shape index (κ1) is 11.8. The molecule has 0 amide bonds. The minimum absolute atomic E-state index is 0.878. The first-order valence-electron chi connectivity index (χ1n) is 6.11. The van der Waals surface area contributed by atoms with Crippen molar-refractivity contribution in [3.8, 4) is 0 Å². The molecule has 88 valence electrons. The number of aromatic nitrogens is 1. The van der Waals surface area contributed by atoms with Crippen LogP contribution in [0.1, 0.15) is 41.5 Å². The Kier molecular flexibility index (Phi) is 4.10. The smallest absolute Gasteiger partial charge is 0.166 e. The van der Waals surface area contributed by atoms with Gasteiger partial charge < -0.3 is 4.57 Å². The third-order valence-electron chi connectivity index (χ3n) is 3.22. The number of hydrogen-bond donors (Lipinski definition) is 0. The van der Waals surface area contributed by atoms with Crippen LogP contribution in [0.15, 0.2) is 6.07 Å². The Hall–Kier alpha value is -0.700. The van der Waals surface area contributed by atoms with Crippen LogP contribution in [0, 0.1) is 0 Å². The van der Waals surface area contributed by atoms with E-state index >= 15 is 0 Å². The topological polar surface area (TPSA) is 22.0 Å². The van der Waals surface area contributed by atoms with Crippen molar-refractivity contribution < 1.29 is 4.79 Å². The van der Waals surface area contributed by atoms with E-state index in [-0.39, 0.29) is 0 Å². The summed E-state index contributed by atoms with van der Waals surface area (Å²) in [5, 5.41) is 0. The summed E-state index contributed by atoms with van der Waals surface area (Å²) in [5.41, 5.74) is 3.71. The Morgan fingerprint density at radius 3 is 3.00 bits per heavy atom. The minimum atomic E-state index is 0.878. The number of nitrogens with zero attached hydrogens (tertiary/aromatic N) is 1. The fourth-order valence-corrected chi connectivity index (χ4v) is 3.05. The largest absolute Gasteiger partial charge is 0.341 e. The number of carbonyl (C=O) groups is 1. The molecule has 2 rings (SSSR count). The molecule has 0 atom stereocenters. The average Bonchev–Trinajstić information content (AvgIpc) is 2.68. The van der Waals surface area contributed by atoms with Crippen LogP contribution in [-0.4, -0.2) is 22.4 Å². The second-order valence-corrected chi connectivity index (χ2v) is 5.61. The number of rotatable bonds is 5. The first-order chi connectivity index (χ1) is 7.86. The maximum Gasteiger partial charge on any atom is 0.166 e. The normalized spacial score (nSPS) is 14.8. The average molecular weight is 237 g/mol. The Labute approximate surface area is 101 Å². The number of aldehydes is 1. The molecule has 0 aromatic carbocycles. The number of hydrogen-bond acceptors (Lipinski definition) is 2. The van der Waals surface area contributed by atoms with Crippen LogP contribution >= 0.6 is 11.8 Å². The molecule has 0 saturated heterocycles. The fourth-order valence-electron chi connectivity index (χ4n) is 2.45. The lowest BCUT2D eigenvalue weighted by molar-refractivity contribution is 0.111. The van der Waals surface area contributed by atoms with Gasteiger partial charge in [-0.25, -0.2) is 0 Å². The highest BCUT2D eigenvalue weighted by Crippen LogP contribution is 2.24. The minimum Gasteiger partial charge on any atom is -0.341 e. The van der Waals surface area contributed by atoms with Crippen LogP contribution in [0.2, 0.25) is 0 Å². The number of thioether (sulfide) groups is 1. The van der Waals surface area contributed by atoms with Crippen LogP contribution in [0.3, 0.4) is 0 Å². The Morgan fingerprint density at radius 1 is 1.44 bits per heavy atom. The van der Waals surface area contributed by atoms with Gasteiger partial charge in [0.25, 0.3) is 0 Å². The van der Waals surface area contributed by atoms with Gasteiger partial charge in [-0.05, 0) is 43.1 Å². The number of carbonyl (C=O) groups excluding carboxylic acids is 1. The van der Waals surface area contributed by atoms with E-state index in [1.165, 1.54) is 24.1 Å². The van der Waals surface area contributed by atoms with E-state index in [1.807, 2.05) is 11.8 Å². The molecule has 16 heavy (non-hydrogen) atoms. The third kappa shape index (κ3) is 2.34. The highest BCUT2D eigenvalue weighted by Gasteiger charge is 2.17. The van der Waals surface area contributed by atoms with Crippen molar-refractivity contribution >= 4 is 18.0 Å². The third-order valence-corrected chi connectivity index (χ3v) is 4.10. The Bertz CT molecular complexity index is 370. The monoisotopic (exact) mass is 237 g/mol. The predicted molar refractivity (Wildman–Crippen MR) is 69.5 cm³/mol. The molecule has 1 aliphatic rings. The van der Waals surface area contributed by atoms with E-state index in [9.17, 15) is 4.79 Å². The zero-order valence-corrected chi connectivity index (χ0v) is 10.7. The summed E-state index contributed by atoms with van der Waals surface area (Å²) in [6.45, 7) is 3.17. The summed E-state index contributed by atoms with van der Waals surface area (Å²) < 4.78 is 2.24. The van der Waals surface area contributed by atoms with Crippen molar-refractivity contribution in [3.63, 3.8) is 0 Å². The van der Waals surface area contributed by atoms with Gasteiger partial charge >= 0.3 is 0 Å². The molecule has 0 unspecified atom stereocenters. The lowest BCUT2D eigenvalue weighted by Crippen LogP contribution is -2.11. The summed E-state index contributed by atoms with van der Waals surface area (Å²) >= 11 is 1.94. The quantitative estimate of drug-likeness (QED) is 0.580. The van der Waals surface area contributed by atoms with Crippen LogP contribution in [-0.2, 0) is 19.4 Å². The SMILES string of the molecule is CCSCCn1c(C=O)cc2c1CCCC2. The molecule has 0 spiro atoms. The van der Waals surface area contributed by atoms with Gasteiger partial charge in [0.05, 0.1) is 5.69 Å². The van der Waals surface area contributed by atoms with Gasteiger partial charge in [-0.1, -0.05) is 6.92 Å². The van der Waals surface area contributed by atoms with Gasteiger partial charge in [0.1, 0.15) is 0 Å².